The van der Waals surface area contributed by atoms with Crippen molar-refractivity contribution in [3.05, 3.63) is 41.8 Å². The van der Waals surface area contributed by atoms with Crippen LogP contribution in [0.15, 0.2) is 39.8 Å². The normalized spacial score (nSPS) is 10.3. The lowest BCUT2D eigenvalue weighted by atomic mass is 10.3. The summed E-state index contributed by atoms with van der Waals surface area (Å²) in [6, 6.07) is 9.42. The Balaban J connectivity index is 1.77. The molecule has 1 aromatic carbocycles. The smallest absolute Gasteiger partial charge is 0.230 e. The van der Waals surface area contributed by atoms with Crippen LogP contribution >= 0.6 is 11.8 Å². The van der Waals surface area contributed by atoms with Crippen LogP contribution in [0.3, 0.4) is 0 Å². The molecule has 0 aliphatic heterocycles. The highest BCUT2D eigenvalue weighted by molar-refractivity contribution is 8.00. The topological polar surface area (TPSA) is 64.4 Å². The van der Waals surface area contributed by atoms with Crippen molar-refractivity contribution in [3.63, 3.8) is 0 Å². The molecule has 20 heavy (non-hydrogen) atoms. The van der Waals surface area contributed by atoms with Gasteiger partial charge < -0.3 is 14.6 Å². The second kappa shape index (κ2) is 7.00. The van der Waals surface area contributed by atoms with E-state index in [4.69, 9.17) is 9.26 Å². The van der Waals surface area contributed by atoms with Gasteiger partial charge in [0.05, 0.1) is 19.4 Å². The molecule has 2 aromatic rings. The minimum absolute atomic E-state index is 0.0431. The zero-order valence-corrected chi connectivity index (χ0v) is 12.2. The van der Waals surface area contributed by atoms with Crippen LogP contribution in [0.5, 0.6) is 5.75 Å². The Labute approximate surface area is 121 Å². The number of amides is 1. The minimum atomic E-state index is -0.0431. The zero-order valence-electron chi connectivity index (χ0n) is 11.4. The number of aryl methyl sites for hydroxylation is 1. The number of aromatic nitrogens is 1. The number of hydrogen-bond donors (Lipinski definition) is 1. The van der Waals surface area contributed by atoms with Gasteiger partial charge >= 0.3 is 0 Å². The number of thioether (sulfide) groups is 1. The molecule has 5 nitrogen and oxygen atoms in total. The predicted molar refractivity (Wildman–Crippen MR) is 76.8 cm³/mol. The van der Waals surface area contributed by atoms with Gasteiger partial charge in [-0.15, -0.1) is 11.8 Å². The highest BCUT2D eigenvalue weighted by Gasteiger charge is 2.05. The number of hydrogen-bond acceptors (Lipinski definition) is 5. The Morgan fingerprint density at radius 2 is 2.30 bits per heavy atom. The molecule has 0 saturated heterocycles. The van der Waals surface area contributed by atoms with Crippen molar-refractivity contribution in [2.75, 3.05) is 12.9 Å². The molecule has 0 spiro atoms. The summed E-state index contributed by atoms with van der Waals surface area (Å²) in [6.07, 6.45) is 0. The van der Waals surface area contributed by atoms with Crippen LogP contribution in [0, 0.1) is 6.92 Å². The number of carbonyl (C=O) groups is 1. The molecule has 1 amide bonds. The van der Waals surface area contributed by atoms with E-state index < -0.39 is 0 Å². The molecular weight excluding hydrogens is 276 g/mol. The van der Waals surface area contributed by atoms with Gasteiger partial charge in [0.1, 0.15) is 17.2 Å². The molecule has 0 radical (unpaired) electrons. The van der Waals surface area contributed by atoms with Gasteiger partial charge in [0.15, 0.2) is 0 Å². The summed E-state index contributed by atoms with van der Waals surface area (Å²) < 4.78 is 10.1. The van der Waals surface area contributed by atoms with E-state index in [1.54, 1.807) is 13.2 Å². The van der Waals surface area contributed by atoms with Gasteiger partial charge in [0.25, 0.3) is 0 Å². The van der Waals surface area contributed by atoms with Gasteiger partial charge in [-0.05, 0) is 25.1 Å². The highest BCUT2D eigenvalue weighted by atomic mass is 32.2. The summed E-state index contributed by atoms with van der Waals surface area (Å²) in [5.41, 5.74) is 0.724. The predicted octanol–water partition coefficient (Wildman–Crippen LogP) is 2.40. The van der Waals surface area contributed by atoms with E-state index in [1.165, 1.54) is 11.8 Å². The van der Waals surface area contributed by atoms with E-state index in [-0.39, 0.29) is 5.91 Å². The van der Waals surface area contributed by atoms with Gasteiger partial charge in [0.2, 0.25) is 5.91 Å². The molecule has 106 valence electrons. The summed E-state index contributed by atoms with van der Waals surface area (Å²) in [5.74, 6) is 1.83. The number of methoxy groups -OCH3 is 1. The molecule has 0 aliphatic carbocycles. The zero-order chi connectivity index (χ0) is 14.4. The molecule has 6 heteroatoms. The highest BCUT2D eigenvalue weighted by Crippen LogP contribution is 2.22. The second-order valence-corrected chi connectivity index (χ2v) is 5.22. The molecule has 1 heterocycles. The minimum Gasteiger partial charge on any atom is -0.497 e. The van der Waals surface area contributed by atoms with Crippen LogP contribution in [0.4, 0.5) is 0 Å². The SMILES string of the molecule is COc1cccc(SCC(=O)NCc2cc(C)on2)c1. The molecular formula is C14H16N2O3S. The molecule has 1 aromatic heterocycles. The van der Waals surface area contributed by atoms with E-state index in [0.29, 0.717) is 12.3 Å². The van der Waals surface area contributed by atoms with E-state index in [0.717, 1.165) is 22.1 Å². The maximum absolute atomic E-state index is 11.7. The average Bonchev–Trinajstić information content (AvgIpc) is 2.89. The third-order valence-corrected chi connectivity index (χ3v) is 3.55. The Bertz CT molecular complexity index is 583. The van der Waals surface area contributed by atoms with Crippen LogP contribution in [0.2, 0.25) is 0 Å². The molecule has 1 N–H and O–H groups in total. The Morgan fingerprint density at radius 3 is 3.00 bits per heavy atom. The largest absolute Gasteiger partial charge is 0.497 e. The van der Waals surface area contributed by atoms with Crippen LogP contribution in [0.25, 0.3) is 0 Å². The third-order valence-electron chi connectivity index (χ3n) is 2.55. The van der Waals surface area contributed by atoms with E-state index >= 15 is 0 Å². The summed E-state index contributed by atoms with van der Waals surface area (Å²) >= 11 is 1.46. The Morgan fingerprint density at radius 1 is 1.45 bits per heavy atom. The van der Waals surface area contributed by atoms with E-state index in [2.05, 4.69) is 10.5 Å². The van der Waals surface area contributed by atoms with Crippen LogP contribution in [-0.4, -0.2) is 23.9 Å². The lowest BCUT2D eigenvalue weighted by Crippen LogP contribution is -2.24. The first-order chi connectivity index (χ1) is 9.67. The number of nitrogens with zero attached hydrogens (tertiary/aromatic N) is 1. The van der Waals surface area contributed by atoms with E-state index in [1.807, 2.05) is 31.2 Å². The van der Waals surface area contributed by atoms with Crippen molar-refractivity contribution in [2.24, 2.45) is 0 Å². The molecule has 0 bridgehead atoms. The van der Waals surface area contributed by atoms with Crippen molar-refractivity contribution in [1.29, 1.82) is 0 Å². The standard InChI is InChI=1S/C14H16N2O3S/c1-10-6-11(16-19-10)8-15-14(17)9-20-13-5-3-4-12(7-13)18-2/h3-7H,8-9H2,1-2H3,(H,15,17). The molecule has 0 saturated carbocycles. The number of carbonyl (C=O) groups excluding carboxylic acids is 1. The van der Waals surface area contributed by atoms with Crippen molar-refractivity contribution in [1.82, 2.24) is 10.5 Å². The van der Waals surface area contributed by atoms with Gasteiger partial charge in [-0.25, -0.2) is 0 Å². The first-order valence-corrected chi connectivity index (χ1v) is 7.11. The monoisotopic (exact) mass is 292 g/mol. The fourth-order valence-corrected chi connectivity index (χ4v) is 2.36. The second-order valence-electron chi connectivity index (χ2n) is 4.17. The average molecular weight is 292 g/mol. The van der Waals surface area contributed by atoms with Crippen molar-refractivity contribution < 1.29 is 14.1 Å². The Hall–Kier alpha value is -1.95. The third kappa shape index (κ3) is 4.31. The van der Waals surface area contributed by atoms with Gasteiger partial charge in [0, 0.05) is 11.0 Å². The number of nitrogens with one attached hydrogen (secondary N) is 1. The lowest BCUT2D eigenvalue weighted by Gasteiger charge is -2.05. The van der Waals surface area contributed by atoms with Crippen LogP contribution < -0.4 is 10.1 Å². The fourth-order valence-electron chi connectivity index (χ4n) is 1.58. The first-order valence-electron chi connectivity index (χ1n) is 6.13. The van der Waals surface area contributed by atoms with Crippen LogP contribution in [0.1, 0.15) is 11.5 Å². The lowest BCUT2D eigenvalue weighted by molar-refractivity contribution is -0.118. The summed E-state index contributed by atoms with van der Waals surface area (Å²) in [5, 5.41) is 6.61. The fraction of sp³-hybridized carbons (Fsp3) is 0.286. The number of rotatable bonds is 6. The molecule has 0 unspecified atom stereocenters. The van der Waals surface area contributed by atoms with E-state index in [9.17, 15) is 4.79 Å². The molecule has 0 fully saturated rings. The summed E-state index contributed by atoms with van der Waals surface area (Å²) in [6.45, 7) is 2.20. The quantitative estimate of drug-likeness (QED) is 0.828. The summed E-state index contributed by atoms with van der Waals surface area (Å²) in [7, 11) is 1.62. The number of ether oxygens (including phenoxy) is 1. The van der Waals surface area contributed by atoms with Crippen molar-refractivity contribution in [3.8, 4) is 5.75 Å². The molecule has 0 atom stereocenters. The van der Waals surface area contributed by atoms with Crippen LogP contribution in [-0.2, 0) is 11.3 Å². The molecule has 0 aliphatic rings. The first kappa shape index (κ1) is 14.5. The maximum atomic E-state index is 11.7. The van der Waals surface area contributed by atoms with Gasteiger partial charge in [-0.3, -0.25) is 4.79 Å². The maximum Gasteiger partial charge on any atom is 0.230 e. The van der Waals surface area contributed by atoms with Gasteiger partial charge in [-0.1, -0.05) is 11.2 Å². The Kier molecular flexibility index (Phi) is 5.06. The number of benzene rings is 1. The van der Waals surface area contributed by atoms with Gasteiger partial charge in [-0.2, -0.15) is 0 Å². The van der Waals surface area contributed by atoms with Crippen molar-refractivity contribution >= 4 is 17.7 Å². The molecule has 2 rings (SSSR count). The summed E-state index contributed by atoms with van der Waals surface area (Å²) in [4.78, 5) is 12.7. The van der Waals surface area contributed by atoms with Crippen molar-refractivity contribution in [2.45, 2.75) is 18.4 Å².